The lowest BCUT2D eigenvalue weighted by molar-refractivity contribution is 0.387. The van der Waals surface area contributed by atoms with Crippen LogP contribution in [-0.2, 0) is 23.0 Å². The first-order valence-corrected chi connectivity index (χ1v) is 8.30. The van der Waals surface area contributed by atoms with E-state index in [1.165, 1.54) is 11.3 Å². The first-order valence-electron chi connectivity index (χ1n) is 6.00. The average Bonchev–Trinajstić information content (AvgIpc) is 2.95. The lowest BCUT2D eigenvalue weighted by atomic mass is 10.3. The largest absolute Gasteiger partial charge is 0.340 e. The number of nitrogens with zero attached hydrogens (tertiary/aromatic N) is 2. The summed E-state index contributed by atoms with van der Waals surface area (Å²) in [4.78, 5) is 4.88. The van der Waals surface area contributed by atoms with E-state index in [0.717, 1.165) is 10.4 Å². The van der Waals surface area contributed by atoms with Crippen molar-refractivity contribution in [3.05, 3.63) is 28.2 Å². The predicted molar refractivity (Wildman–Crippen MR) is 74.9 cm³/mol. The van der Waals surface area contributed by atoms with Crippen molar-refractivity contribution in [3.8, 4) is 0 Å². The minimum atomic E-state index is -3.51. The van der Waals surface area contributed by atoms with Crippen molar-refractivity contribution in [3.63, 3.8) is 0 Å². The second-order valence-electron chi connectivity index (χ2n) is 4.25. The number of aryl methyl sites for hydroxylation is 2. The van der Waals surface area contributed by atoms with Crippen LogP contribution in [0, 0.1) is 13.8 Å². The van der Waals surface area contributed by atoms with E-state index in [1.807, 2.05) is 6.92 Å². The third kappa shape index (κ3) is 3.42. The van der Waals surface area contributed by atoms with Crippen LogP contribution >= 0.6 is 11.3 Å². The Labute approximate surface area is 121 Å². The summed E-state index contributed by atoms with van der Waals surface area (Å²) in [5.41, 5.74) is 6.45. The Balaban J connectivity index is 2.00. The summed E-state index contributed by atoms with van der Waals surface area (Å²) < 4.78 is 31.8. The Morgan fingerprint density at radius 1 is 1.45 bits per heavy atom. The molecule has 2 aromatic heterocycles. The zero-order valence-corrected chi connectivity index (χ0v) is 12.8. The van der Waals surface area contributed by atoms with Crippen molar-refractivity contribution < 1.29 is 12.9 Å². The molecule has 110 valence electrons. The molecule has 0 bridgehead atoms. The van der Waals surface area contributed by atoms with Gasteiger partial charge in [0.1, 0.15) is 4.21 Å². The van der Waals surface area contributed by atoms with E-state index in [-0.39, 0.29) is 10.8 Å². The van der Waals surface area contributed by atoms with Crippen LogP contribution in [0.5, 0.6) is 0 Å². The number of thiophene rings is 1. The molecular weight excluding hydrogens is 300 g/mol. The number of rotatable bonds is 6. The van der Waals surface area contributed by atoms with E-state index in [4.69, 9.17) is 10.3 Å². The lowest BCUT2D eigenvalue weighted by Crippen LogP contribution is -2.25. The summed E-state index contributed by atoms with van der Waals surface area (Å²) in [7, 11) is -3.51. The monoisotopic (exact) mass is 316 g/mol. The molecule has 7 nitrogen and oxygen atoms in total. The number of sulfonamides is 1. The summed E-state index contributed by atoms with van der Waals surface area (Å²) in [6, 6.07) is 1.63. The minimum Gasteiger partial charge on any atom is -0.340 e. The quantitative estimate of drug-likeness (QED) is 0.812. The van der Waals surface area contributed by atoms with E-state index in [2.05, 4.69) is 14.9 Å². The fourth-order valence-electron chi connectivity index (χ4n) is 1.63. The standard InChI is InChI=1S/C11H16N4O3S2/c1-7-5-11(19-9(7)6-12)20(16,17)13-4-3-10-14-8(2)18-15-10/h5,13H,3-4,6,12H2,1-2H3. The second-order valence-corrected chi connectivity index (χ2v) is 7.38. The van der Waals surface area contributed by atoms with Crippen molar-refractivity contribution in [1.82, 2.24) is 14.9 Å². The first-order chi connectivity index (χ1) is 9.42. The van der Waals surface area contributed by atoms with Gasteiger partial charge in [0.05, 0.1) is 0 Å². The molecule has 0 fully saturated rings. The maximum absolute atomic E-state index is 12.1. The number of nitrogens with one attached hydrogen (secondary N) is 1. The topological polar surface area (TPSA) is 111 Å². The summed E-state index contributed by atoms with van der Waals surface area (Å²) in [6.07, 6.45) is 0.380. The molecule has 0 spiro atoms. The minimum absolute atomic E-state index is 0.218. The average molecular weight is 316 g/mol. The highest BCUT2D eigenvalue weighted by Crippen LogP contribution is 2.25. The first kappa shape index (κ1) is 15.1. The molecule has 2 rings (SSSR count). The summed E-state index contributed by atoms with van der Waals surface area (Å²) in [6.45, 7) is 4.09. The maximum atomic E-state index is 12.1. The summed E-state index contributed by atoms with van der Waals surface area (Å²) in [5, 5.41) is 3.70. The van der Waals surface area contributed by atoms with Gasteiger partial charge in [0.15, 0.2) is 5.82 Å². The molecule has 0 atom stereocenters. The molecule has 0 aromatic carbocycles. The van der Waals surface area contributed by atoms with Crippen molar-refractivity contribution in [1.29, 1.82) is 0 Å². The zero-order chi connectivity index (χ0) is 14.8. The number of nitrogens with two attached hydrogens (primary N) is 1. The van der Waals surface area contributed by atoms with E-state index in [1.54, 1.807) is 13.0 Å². The fourth-order valence-corrected chi connectivity index (χ4v) is 4.18. The van der Waals surface area contributed by atoms with Gasteiger partial charge >= 0.3 is 0 Å². The molecule has 0 aliphatic carbocycles. The van der Waals surface area contributed by atoms with E-state index in [9.17, 15) is 8.42 Å². The third-order valence-electron chi connectivity index (χ3n) is 2.66. The van der Waals surface area contributed by atoms with Gasteiger partial charge in [-0.05, 0) is 18.6 Å². The van der Waals surface area contributed by atoms with Gasteiger partial charge in [-0.25, -0.2) is 13.1 Å². The van der Waals surface area contributed by atoms with Crippen LogP contribution in [0.15, 0.2) is 14.8 Å². The van der Waals surface area contributed by atoms with Gasteiger partial charge in [-0.15, -0.1) is 11.3 Å². The number of hydrogen-bond donors (Lipinski definition) is 2. The Morgan fingerprint density at radius 2 is 2.20 bits per heavy atom. The van der Waals surface area contributed by atoms with Gasteiger partial charge in [0, 0.05) is 31.3 Å². The van der Waals surface area contributed by atoms with Crippen molar-refractivity contribution in [2.75, 3.05) is 6.54 Å². The Kier molecular flexibility index (Phi) is 4.53. The highest BCUT2D eigenvalue weighted by molar-refractivity contribution is 7.91. The molecule has 0 radical (unpaired) electrons. The predicted octanol–water partition coefficient (Wildman–Crippen LogP) is 0.728. The van der Waals surface area contributed by atoms with Crippen LogP contribution in [0.1, 0.15) is 22.2 Å². The van der Waals surface area contributed by atoms with Crippen LogP contribution < -0.4 is 10.5 Å². The van der Waals surface area contributed by atoms with Gasteiger partial charge in [-0.3, -0.25) is 0 Å². The molecule has 3 N–H and O–H groups in total. The Hall–Kier alpha value is -1.29. The van der Waals surface area contributed by atoms with Crippen LogP contribution in [0.2, 0.25) is 0 Å². The molecular formula is C11H16N4O3S2. The van der Waals surface area contributed by atoms with Crippen LogP contribution in [0.4, 0.5) is 0 Å². The van der Waals surface area contributed by atoms with Gasteiger partial charge in [0.25, 0.3) is 0 Å². The molecule has 0 unspecified atom stereocenters. The molecule has 0 aliphatic heterocycles. The van der Waals surface area contributed by atoms with Crippen LogP contribution in [-0.4, -0.2) is 25.1 Å². The number of hydrogen-bond acceptors (Lipinski definition) is 7. The van der Waals surface area contributed by atoms with E-state index >= 15 is 0 Å². The van der Waals surface area contributed by atoms with Crippen molar-refractivity contribution in [2.24, 2.45) is 5.73 Å². The maximum Gasteiger partial charge on any atom is 0.250 e. The van der Waals surface area contributed by atoms with Gasteiger partial charge < -0.3 is 10.3 Å². The zero-order valence-electron chi connectivity index (χ0n) is 11.2. The molecule has 0 saturated carbocycles. The second kappa shape index (κ2) is 6.00. The van der Waals surface area contributed by atoms with Crippen LogP contribution in [0.25, 0.3) is 0 Å². The van der Waals surface area contributed by atoms with Gasteiger partial charge in [-0.1, -0.05) is 5.16 Å². The van der Waals surface area contributed by atoms with Crippen molar-refractivity contribution >= 4 is 21.4 Å². The molecule has 2 aromatic rings. The smallest absolute Gasteiger partial charge is 0.250 e. The highest BCUT2D eigenvalue weighted by atomic mass is 32.2. The van der Waals surface area contributed by atoms with Gasteiger partial charge in [-0.2, -0.15) is 4.98 Å². The Morgan fingerprint density at radius 3 is 2.75 bits per heavy atom. The molecule has 0 saturated heterocycles. The van der Waals surface area contributed by atoms with E-state index in [0.29, 0.717) is 24.7 Å². The summed E-state index contributed by atoms with van der Waals surface area (Å²) in [5.74, 6) is 0.944. The molecule has 9 heteroatoms. The van der Waals surface area contributed by atoms with Crippen molar-refractivity contribution in [2.45, 2.75) is 31.0 Å². The van der Waals surface area contributed by atoms with Crippen LogP contribution in [0.3, 0.4) is 0 Å². The van der Waals surface area contributed by atoms with E-state index < -0.39 is 10.0 Å². The third-order valence-corrected chi connectivity index (χ3v) is 5.85. The normalized spacial score (nSPS) is 11.9. The highest BCUT2D eigenvalue weighted by Gasteiger charge is 2.18. The number of aromatic nitrogens is 2. The lowest BCUT2D eigenvalue weighted by Gasteiger charge is -2.02. The Bertz CT molecular complexity index is 690. The van der Waals surface area contributed by atoms with Gasteiger partial charge in [0.2, 0.25) is 15.9 Å². The SMILES string of the molecule is Cc1nc(CCNS(=O)(=O)c2cc(C)c(CN)s2)no1. The molecule has 0 aliphatic rings. The summed E-state index contributed by atoms with van der Waals surface area (Å²) >= 11 is 1.19. The molecule has 2 heterocycles. The molecule has 20 heavy (non-hydrogen) atoms. The molecule has 0 amide bonds. The fraction of sp³-hybridized carbons (Fsp3) is 0.455.